The monoisotopic (exact) mass is 402 g/mol. The van der Waals surface area contributed by atoms with Crippen molar-refractivity contribution >= 4 is 10.8 Å². The van der Waals surface area contributed by atoms with Gasteiger partial charge in [-0.1, -0.05) is 87.6 Å². The smallest absolute Gasteiger partial charge is 0.0159 e. The number of fused-ring (bicyclic) bond motifs is 2. The number of allylic oxidation sites excluding steroid dienone is 2. The minimum absolute atomic E-state index is 0.793. The van der Waals surface area contributed by atoms with Crippen LogP contribution >= 0.6 is 0 Å². The van der Waals surface area contributed by atoms with Gasteiger partial charge in [0.2, 0.25) is 0 Å². The fourth-order valence-electron chi connectivity index (χ4n) is 6.37. The van der Waals surface area contributed by atoms with Gasteiger partial charge in [0.25, 0.3) is 0 Å². The third-order valence-corrected chi connectivity index (χ3v) is 8.17. The van der Waals surface area contributed by atoms with Crippen molar-refractivity contribution in [1.29, 1.82) is 0 Å². The third-order valence-electron chi connectivity index (χ3n) is 8.17. The number of hydrogen-bond donors (Lipinski definition) is 0. The maximum absolute atomic E-state index is 2.51. The summed E-state index contributed by atoms with van der Waals surface area (Å²) in [6, 6.07) is 14.4. The summed E-state index contributed by atoms with van der Waals surface area (Å²) < 4.78 is 0. The zero-order valence-electron chi connectivity index (χ0n) is 19.4. The van der Waals surface area contributed by atoms with Crippen LogP contribution in [0.3, 0.4) is 0 Å². The van der Waals surface area contributed by atoms with E-state index in [1.54, 1.807) is 5.56 Å². The van der Waals surface area contributed by atoms with Gasteiger partial charge in [-0.05, 0) is 97.4 Å². The molecular weight excluding hydrogens is 360 g/mol. The van der Waals surface area contributed by atoms with Crippen LogP contribution in [-0.2, 0) is 6.42 Å². The highest BCUT2D eigenvalue weighted by Crippen LogP contribution is 2.48. The lowest BCUT2D eigenvalue weighted by molar-refractivity contribution is 0.113. The second kappa shape index (κ2) is 10.7. The maximum Gasteiger partial charge on any atom is -0.0159 e. The predicted octanol–water partition coefficient (Wildman–Crippen LogP) is 9.23. The first-order chi connectivity index (χ1) is 14.8. The Hall–Kier alpha value is -1.56. The van der Waals surface area contributed by atoms with Crippen LogP contribution in [0.2, 0.25) is 0 Å². The Morgan fingerprint density at radius 2 is 1.67 bits per heavy atom. The molecule has 0 amide bonds. The fraction of sp³-hybridized carbons (Fsp3) is 0.600. The SMILES string of the molecule is C/C=C/CCc1ccc2cc([C@@H]3CC[C@@H]4CC(CCCCC)CCC4C3)ccc2c1. The van der Waals surface area contributed by atoms with Crippen molar-refractivity contribution in [3.63, 3.8) is 0 Å². The molecule has 2 fully saturated rings. The van der Waals surface area contributed by atoms with Crippen molar-refractivity contribution in [2.45, 2.75) is 96.8 Å². The van der Waals surface area contributed by atoms with Crippen LogP contribution in [0, 0.1) is 17.8 Å². The summed E-state index contributed by atoms with van der Waals surface area (Å²) >= 11 is 0. The van der Waals surface area contributed by atoms with Gasteiger partial charge in [0.15, 0.2) is 0 Å². The third kappa shape index (κ3) is 5.37. The molecule has 4 atom stereocenters. The molecule has 0 radical (unpaired) electrons. The van der Waals surface area contributed by atoms with E-state index in [0.717, 1.165) is 36.5 Å². The molecule has 0 aliphatic heterocycles. The normalized spacial score (nSPS) is 26.9. The van der Waals surface area contributed by atoms with E-state index in [-0.39, 0.29) is 0 Å². The predicted molar refractivity (Wildman–Crippen MR) is 132 cm³/mol. The number of unbranched alkanes of at least 4 members (excludes halogenated alkanes) is 2. The van der Waals surface area contributed by atoms with E-state index in [4.69, 9.17) is 0 Å². The second-order valence-electron chi connectivity index (χ2n) is 10.3. The van der Waals surface area contributed by atoms with E-state index in [0.29, 0.717) is 0 Å². The lowest BCUT2D eigenvalue weighted by atomic mass is 9.63. The van der Waals surface area contributed by atoms with Crippen LogP contribution in [-0.4, -0.2) is 0 Å². The van der Waals surface area contributed by atoms with Crippen molar-refractivity contribution in [2.24, 2.45) is 17.8 Å². The molecular formula is C30H42. The Balaban J connectivity index is 1.36. The molecule has 0 nitrogen and oxygen atoms in total. The molecule has 162 valence electrons. The van der Waals surface area contributed by atoms with Gasteiger partial charge < -0.3 is 0 Å². The Morgan fingerprint density at radius 3 is 2.53 bits per heavy atom. The summed E-state index contributed by atoms with van der Waals surface area (Å²) in [5, 5.41) is 2.85. The molecule has 0 bridgehead atoms. The van der Waals surface area contributed by atoms with E-state index >= 15 is 0 Å². The highest BCUT2D eigenvalue weighted by molar-refractivity contribution is 5.84. The quantitative estimate of drug-likeness (QED) is 0.305. The summed E-state index contributed by atoms with van der Waals surface area (Å²) in [5.41, 5.74) is 3.07. The molecule has 2 aliphatic rings. The van der Waals surface area contributed by atoms with Crippen molar-refractivity contribution < 1.29 is 0 Å². The minimum atomic E-state index is 0.793. The van der Waals surface area contributed by atoms with Crippen molar-refractivity contribution in [2.75, 3.05) is 0 Å². The number of rotatable bonds is 8. The lowest BCUT2D eigenvalue weighted by Gasteiger charge is -2.42. The van der Waals surface area contributed by atoms with Crippen LogP contribution in [0.4, 0.5) is 0 Å². The van der Waals surface area contributed by atoms with Crippen LogP contribution in [0.1, 0.15) is 102 Å². The molecule has 2 aromatic carbocycles. The standard InChI is InChI=1S/C30H42/c1-3-5-7-9-23-11-13-27-21-29(17-15-25(27)19-23)30-18-16-26-20-24(10-8-6-4-2)12-14-28(26)22-30/h3,5,11,13,15,17,19,21,24,26,28,30H,4,6-10,12,14,16,18,20,22H2,1-2H3/b5-3+/t24?,26-,28?,30-/m1/s1. The molecule has 0 heteroatoms. The first-order valence-electron chi connectivity index (χ1n) is 12.9. The second-order valence-corrected chi connectivity index (χ2v) is 10.3. The number of benzene rings is 2. The van der Waals surface area contributed by atoms with Crippen molar-refractivity contribution in [1.82, 2.24) is 0 Å². The van der Waals surface area contributed by atoms with Gasteiger partial charge in [0.1, 0.15) is 0 Å². The van der Waals surface area contributed by atoms with Gasteiger partial charge in [0.05, 0.1) is 0 Å². The molecule has 0 saturated heterocycles. The maximum atomic E-state index is 2.51. The Labute approximate surface area is 185 Å². The first-order valence-corrected chi connectivity index (χ1v) is 12.9. The van der Waals surface area contributed by atoms with E-state index in [1.807, 2.05) is 0 Å². The van der Waals surface area contributed by atoms with Gasteiger partial charge in [-0.3, -0.25) is 0 Å². The topological polar surface area (TPSA) is 0 Å². The van der Waals surface area contributed by atoms with Gasteiger partial charge in [-0.25, -0.2) is 0 Å². The summed E-state index contributed by atoms with van der Waals surface area (Å²) in [6.45, 7) is 4.43. The molecule has 30 heavy (non-hydrogen) atoms. The fourth-order valence-corrected chi connectivity index (χ4v) is 6.37. The summed E-state index contributed by atoms with van der Waals surface area (Å²) in [7, 11) is 0. The highest BCUT2D eigenvalue weighted by atomic mass is 14.4. The molecule has 2 aliphatic carbocycles. The Bertz CT molecular complexity index is 829. The number of hydrogen-bond acceptors (Lipinski definition) is 0. The summed E-state index contributed by atoms with van der Waals surface area (Å²) in [5.74, 6) is 3.86. The molecule has 4 rings (SSSR count). The lowest BCUT2D eigenvalue weighted by Crippen LogP contribution is -2.30. The molecule has 0 N–H and O–H groups in total. The van der Waals surface area contributed by atoms with E-state index in [2.05, 4.69) is 62.4 Å². The van der Waals surface area contributed by atoms with Gasteiger partial charge >= 0.3 is 0 Å². The zero-order valence-corrected chi connectivity index (χ0v) is 19.4. The first kappa shape index (κ1) is 21.7. The van der Waals surface area contributed by atoms with E-state index in [9.17, 15) is 0 Å². The van der Waals surface area contributed by atoms with Crippen LogP contribution < -0.4 is 0 Å². The summed E-state index contributed by atoms with van der Waals surface area (Å²) in [6.07, 6.45) is 21.4. The molecule has 0 spiro atoms. The molecule has 2 saturated carbocycles. The van der Waals surface area contributed by atoms with Gasteiger partial charge in [-0.2, -0.15) is 0 Å². The van der Waals surface area contributed by atoms with Crippen LogP contribution in [0.25, 0.3) is 10.8 Å². The minimum Gasteiger partial charge on any atom is -0.0917 e. The molecule has 2 unspecified atom stereocenters. The van der Waals surface area contributed by atoms with E-state index in [1.165, 1.54) is 80.5 Å². The molecule has 0 aromatic heterocycles. The average Bonchev–Trinajstić information content (AvgIpc) is 2.78. The van der Waals surface area contributed by atoms with E-state index < -0.39 is 0 Å². The zero-order chi connectivity index (χ0) is 20.8. The van der Waals surface area contributed by atoms with Gasteiger partial charge in [-0.15, -0.1) is 0 Å². The van der Waals surface area contributed by atoms with Gasteiger partial charge in [0, 0.05) is 0 Å². The van der Waals surface area contributed by atoms with Crippen LogP contribution in [0.15, 0.2) is 48.6 Å². The Morgan fingerprint density at radius 1 is 0.867 bits per heavy atom. The Kier molecular flexibility index (Phi) is 7.69. The van der Waals surface area contributed by atoms with Crippen molar-refractivity contribution in [3.8, 4) is 0 Å². The molecule has 2 aromatic rings. The summed E-state index contributed by atoms with van der Waals surface area (Å²) in [4.78, 5) is 0. The largest absolute Gasteiger partial charge is 0.0917 e. The average molecular weight is 403 g/mol. The molecule has 0 heterocycles. The number of aryl methyl sites for hydroxylation is 1. The van der Waals surface area contributed by atoms with Crippen LogP contribution in [0.5, 0.6) is 0 Å². The van der Waals surface area contributed by atoms with Crippen molar-refractivity contribution in [3.05, 3.63) is 59.7 Å². The highest BCUT2D eigenvalue weighted by Gasteiger charge is 2.35.